The third-order valence-electron chi connectivity index (χ3n) is 9.75. The van der Waals surface area contributed by atoms with Gasteiger partial charge in [-0.1, -0.05) is 86.3 Å². The molecule has 0 saturated heterocycles. The Bertz CT molecular complexity index is 1670. The number of hydrogen-bond donors (Lipinski definition) is 2. The SMILES string of the molecule is NCC(=O)c1cnc(CC2(c3ccccc3)CCCC2)nc1.O=C(CNC(=O)C(F)F)c1cnc(CC2(c3ccccc3)CCCC2)nc1. The number of alkyl halides is 2. The van der Waals surface area contributed by atoms with E-state index in [0.717, 1.165) is 37.9 Å². The van der Waals surface area contributed by atoms with Gasteiger partial charge in [-0.2, -0.15) is 8.78 Å². The Morgan fingerprint density at radius 3 is 1.41 bits per heavy atom. The first-order chi connectivity index (χ1) is 23.7. The van der Waals surface area contributed by atoms with Crippen LogP contribution in [-0.4, -0.2) is 56.9 Å². The number of halogens is 2. The molecule has 0 radical (unpaired) electrons. The van der Waals surface area contributed by atoms with Crippen LogP contribution < -0.4 is 11.1 Å². The van der Waals surface area contributed by atoms with Gasteiger partial charge in [0.15, 0.2) is 11.6 Å². The maximum Gasteiger partial charge on any atom is 0.315 e. The molecule has 6 rings (SSSR count). The summed E-state index contributed by atoms with van der Waals surface area (Å²) in [6.07, 6.45) is 13.7. The van der Waals surface area contributed by atoms with Gasteiger partial charge in [0.25, 0.3) is 5.91 Å². The van der Waals surface area contributed by atoms with Crippen molar-refractivity contribution in [3.05, 3.63) is 119 Å². The van der Waals surface area contributed by atoms with Crippen LogP contribution in [0.2, 0.25) is 0 Å². The third-order valence-corrected chi connectivity index (χ3v) is 9.75. The topological polar surface area (TPSA) is 141 Å². The Morgan fingerprint density at radius 2 is 1.04 bits per heavy atom. The minimum atomic E-state index is -3.14. The summed E-state index contributed by atoms with van der Waals surface area (Å²) in [7, 11) is 0. The van der Waals surface area contributed by atoms with E-state index in [-0.39, 0.29) is 28.7 Å². The highest BCUT2D eigenvalue weighted by atomic mass is 19.3. The molecule has 2 heterocycles. The van der Waals surface area contributed by atoms with Crippen LogP contribution in [0.1, 0.15) is 94.9 Å². The molecule has 2 aliphatic rings. The van der Waals surface area contributed by atoms with E-state index in [2.05, 4.69) is 62.4 Å². The molecule has 256 valence electrons. The maximum atomic E-state index is 12.2. The molecule has 2 aromatic heterocycles. The molecule has 0 aliphatic heterocycles. The number of ketones is 2. The average Bonchev–Trinajstić information content (AvgIpc) is 3.83. The second-order valence-electron chi connectivity index (χ2n) is 12.9. The van der Waals surface area contributed by atoms with Gasteiger partial charge in [-0.25, -0.2) is 19.9 Å². The van der Waals surface area contributed by atoms with Crippen LogP contribution in [0.25, 0.3) is 0 Å². The van der Waals surface area contributed by atoms with Crippen molar-refractivity contribution in [1.29, 1.82) is 0 Å². The third kappa shape index (κ3) is 9.03. The molecule has 9 nitrogen and oxygen atoms in total. The first-order valence-electron chi connectivity index (χ1n) is 16.8. The van der Waals surface area contributed by atoms with Crippen LogP contribution in [0.3, 0.4) is 0 Å². The van der Waals surface area contributed by atoms with Crippen molar-refractivity contribution in [3.8, 4) is 0 Å². The van der Waals surface area contributed by atoms with E-state index in [1.165, 1.54) is 49.2 Å². The highest BCUT2D eigenvalue weighted by molar-refractivity contribution is 5.99. The quantitative estimate of drug-likeness (QED) is 0.182. The van der Waals surface area contributed by atoms with Crippen molar-refractivity contribution in [1.82, 2.24) is 25.3 Å². The molecule has 2 fully saturated rings. The largest absolute Gasteiger partial charge is 0.344 e. The van der Waals surface area contributed by atoms with Crippen molar-refractivity contribution in [2.75, 3.05) is 13.1 Å². The van der Waals surface area contributed by atoms with Gasteiger partial charge < -0.3 is 11.1 Å². The molecule has 2 aliphatic carbocycles. The lowest BCUT2D eigenvalue weighted by Crippen LogP contribution is -2.34. The molecule has 0 spiro atoms. The average molecular weight is 669 g/mol. The fraction of sp³-hybridized carbons (Fsp3) is 0.395. The second kappa shape index (κ2) is 16.6. The number of aromatic nitrogens is 4. The van der Waals surface area contributed by atoms with Gasteiger partial charge in [-0.3, -0.25) is 14.4 Å². The number of amides is 1. The molecule has 0 atom stereocenters. The zero-order chi connectivity index (χ0) is 34.7. The first-order valence-corrected chi connectivity index (χ1v) is 16.8. The van der Waals surface area contributed by atoms with Crippen molar-refractivity contribution < 1.29 is 23.2 Å². The van der Waals surface area contributed by atoms with Gasteiger partial charge in [-0.05, 0) is 36.8 Å². The summed E-state index contributed by atoms with van der Waals surface area (Å²) in [6, 6.07) is 21.0. The smallest absolute Gasteiger partial charge is 0.315 e. The molecule has 2 saturated carbocycles. The molecule has 49 heavy (non-hydrogen) atoms. The molecule has 0 bridgehead atoms. The molecule has 11 heteroatoms. The molecule has 2 aromatic carbocycles. The van der Waals surface area contributed by atoms with Gasteiger partial charge >= 0.3 is 6.43 Å². The normalized spacial score (nSPS) is 16.1. The number of nitrogens with zero attached hydrogens (tertiary/aromatic N) is 4. The molecule has 4 aromatic rings. The lowest BCUT2D eigenvalue weighted by Gasteiger charge is -2.29. The minimum absolute atomic E-state index is 0.00331. The van der Waals surface area contributed by atoms with Gasteiger partial charge in [0.05, 0.1) is 24.2 Å². The van der Waals surface area contributed by atoms with E-state index in [0.29, 0.717) is 17.8 Å². The Balaban J connectivity index is 0.000000195. The summed E-state index contributed by atoms with van der Waals surface area (Å²) in [6.45, 7) is -0.503. The molecular formula is C38H42F2N6O3. The van der Waals surface area contributed by atoms with Crippen LogP contribution in [0.4, 0.5) is 8.78 Å². The monoisotopic (exact) mass is 668 g/mol. The van der Waals surface area contributed by atoms with Crippen LogP contribution in [0, 0.1) is 0 Å². The minimum Gasteiger partial charge on any atom is -0.344 e. The first kappa shape index (κ1) is 35.5. The van der Waals surface area contributed by atoms with E-state index in [9.17, 15) is 23.2 Å². The number of carbonyl (C=O) groups excluding carboxylic acids is 3. The van der Waals surface area contributed by atoms with E-state index in [1.807, 2.05) is 23.5 Å². The molecule has 0 unspecified atom stereocenters. The van der Waals surface area contributed by atoms with E-state index < -0.39 is 24.7 Å². The van der Waals surface area contributed by atoms with Gasteiger partial charge in [0.1, 0.15) is 11.6 Å². The van der Waals surface area contributed by atoms with Crippen LogP contribution in [0.15, 0.2) is 85.5 Å². The van der Waals surface area contributed by atoms with Crippen LogP contribution >= 0.6 is 0 Å². The number of rotatable bonds is 12. The standard InChI is InChI=1S/C20H21F2N3O2.C18H21N3O/c21-18(22)19(27)25-13-16(26)14-11-23-17(24-12-14)10-20(8-4-5-9-20)15-6-2-1-3-7-15;19-11-16(22)14-12-20-17(21-13-14)10-18(8-4-5-9-18)15-6-2-1-3-7-15/h1-3,6-7,11-12,18H,4-5,8-10,13H2,(H,25,27);1-3,6-7,12-13H,4-5,8-11,19H2. The number of benzene rings is 2. The number of hydrogen-bond acceptors (Lipinski definition) is 8. The number of nitrogens with one attached hydrogen (secondary N) is 1. The van der Waals surface area contributed by atoms with E-state index >= 15 is 0 Å². The van der Waals surface area contributed by atoms with Crippen LogP contribution in [-0.2, 0) is 28.5 Å². The van der Waals surface area contributed by atoms with E-state index in [4.69, 9.17) is 5.73 Å². The predicted molar refractivity (Wildman–Crippen MR) is 181 cm³/mol. The lowest BCUT2D eigenvalue weighted by molar-refractivity contribution is -0.131. The summed E-state index contributed by atoms with van der Waals surface area (Å²) in [5.74, 6) is -0.639. The van der Waals surface area contributed by atoms with Crippen molar-refractivity contribution in [2.24, 2.45) is 5.73 Å². The highest BCUT2D eigenvalue weighted by Crippen LogP contribution is 2.44. The molecule has 3 N–H and O–H groups in total. The lowest BCUT2D eigenvalue weighted by atomic mass is 9.76. The Labute approximate surface area is 285 Å². The van der Waals surface area contributed by atoms with Gasteiger partial charge in [0, 0.05) is 48.5 Å². The number of carbonyl (C=O) groups is 3. The van der Waals surface area contributed by atoms with Crippen molar-refractivity contribution in [3.63, 3.8) is 0 Å². The van der Waals surface area contributed by atoms with Gasteiger partial charge in [-0.15, -0.1) is 0 Å². The molecule has 1 amide bonds. The maximum absolute atomic E-state index is 12.2. The van der Waals surface area contributed by atoms with Crippen LogP contribution in [0.5, 0.6) is 0 Å². The summed E-state index contributed by atoms with van der Waals surface area (Å²) in [5.41, 5.74) is 8.85. The highest BCUT2D eigenvalue weighted by Gasteiger charge is 2.37. The fourth-order valence-corrected chi connectivity index (χ4v) is 7.07. The number of Topliss-reactive ketones (excluding diaryl/α,β-unsaturated/α-hetero) is 2. The summed E-state index contributed by atoms with van der Waals surface area (Å²) in [5, 5.41) is 1.89. The Hall–Kier alpha value is -4.77. The zero-order valence-electron chi connectivity index (χ0n) is 27.5. The van der Waals surface area contributed by atoms with E-state index in [1.54, 1.807) is 12.4 Å². The summed E-state index contributed by atoms with van der Waals surface area (Å²) in [4.78, 5) is 51.8. The van der Waals surface area contributed by atoms with Crippen molar-refractivity contribution in [2.45, 2.75) is 81.5 Å². The summed E-state index contributed by atoms with van der Waals surface area (Å²) < 4.78 is 24.3. The molecular weight excluding hydrogens is 626 g/mol. The second-order valence-corrected chi connectivity index (χ2v) is 12.9. The summed E-state index contributed by atoms with van der Waals surface area (Å²) >= 11 is 0. The fourth-order valence-electron chi connectivity index (χ4n) is 7.07. The van der Waals surface area contributed by atoms with Gasteiger partial charge in [0.2, 0.25) is 0 Å². The predicted octanol–water partition coefficient (Wildman–Crippen LogP) is 5.77. The van der Waals surface area contributed by atoms with Crippen molar-refractivity contribution >= 4 is 17.5 Å². The zero-order valence-corrected chi connectivity index (χ0v) is 27.5. The number of nitrogens with two attached hydrogens (primary N) is 1. The Kier molecular flexibility index (Phi) is 12.0. The Morgan fingerprint density at radius 1 is 0.653 bits per heavy atom.